The van der Waals surface area contributed by atoms with E-state index in [0.29, 0.717) is 5.69 Å². The summed E-state index contributed by atoms with van der Waals surface area (Å²) in [5.74, 6) is 0.0700. The van der Waals surface area contributed by atoms with Gasteiger partial charge in [0.2, 0.25) is 0 Å². The molecule has 2 N–H and O–H groups in total. The van der Waals surface area contributed by atoms with Gasteiger partial charge in [0.25, 0.3) is 0 Å². The van der Waals surface area contributed by atoms with Crippen molar-refractivity contribution < 1.29 is 4.79 Å². The Balaban J connectivity index is 2.75. The standard InChI is InChI=1S/C9H8N2OS/c1-5(12)8-2-6-7(10)3-11-4-9(6)13-8/h2-4H,10H2,1H3. The van der Waals surface area contributed by atoms with Gasteiger partial charge in [-0.2, -0.15) is 0 Å². The average molecular weight is 192 g/mol. The lowest BCUT2D eigenvalue weighted by atomic mass is 10.2. The van der Waals surface area contributed by atoms with E-state index in [1.807, 2.05) is 6.07 Å². The number of anilines is 1. The molecule has 66 valence electrons. The minimum absolute atomic E-state index is 0.0700. The summed E-state index contributed by atoms with van der Waals surface area (Å²) < 4.78 is 0.963. The van der Waals surface area contributed by atoms with Gasteiger partial charge in [0.15, 0.2) is 5.78 Å². The van der Waals surface area contributed by atoms with Crippen LogP contribution in [0.4, 0.5) is 5.69 Å². The van der Waals surface area contributed by atoms with E-state index in [9.17, 15) is 4.79 Å². The van der Waals surface area contributed by atoms with Crippen molar-refractivity contribution in [1.82, 2.24) is 4.98 Å². The molecule has 3 nitrogen and oxygen atoms in total. The number of carbonyl (C=O) groups is 1. The summed E-state index contributed by atoms with van der Waals surface area (Å²) in [5.41, 5.74) is 6.33. The molecule has 13 heavy (non-hydrogen) atoms. The minimum atomic E-state index is 0.0700. The van der Waals surface area contributed by atoms with Crippen LogP contribution in [0.25, 0.3) is 10.1 Å². The predicted octanol–water partition coefficient (Wildman–Crippen LogP) is 2.08. The van der Waals surface area contributed by atoms with Crippen molar-refractivity contribution in [2.75, 3.05) is 5.73 Å². The molecule has 2 aromatic rings. The van der Waals surface area contributed by atoms with E-state index in [2.05, 4.69) is 4.98 Å². The van der Waals surface area contributed by atoms with Gasteiger partial charge in [-0.05, 0) is 13.0 Å². The third-order valence-electron chi connectivity index (χ3n) is 1.82. The number of fused-ring (bicyclic) bond motifs is 1. The summed E-state index contributed by atoms with van der Waals surface area (Å²) in [5, 5.41) is 0.921. The van der Waals surface area contributed by atoms with Crippen molar-refractivity contribution in [2.24, 2.45) is 0 Å². The lowest BCUT2D eigenvalue weighted by molar-refractivity contribution is 0.102. The van der Waals surface area contributed by atoms with Gasteiger partial charge >= 0.3 is 0 Å². The van der Waals surface area contributed by atoms with Crippen LogP contribution in [0.1, 0.15) is 16.6 Å². The zero-order valence-electron chi connectivity index (χ0n) is 7.07. The van der Waals surface area contributed by atoms with E-state index in [4.69, 9.17) is 5.73 Å². The molecule has 0 radical (unpaired) electrons. The van der Waals surface area contributed by atoms with Crippen molar-refractivity contribution in [1.29, 1.82) is 0 Å². The zero-order valence-corrected chi connectivity index (χ0v) is 7.89. The molecule has 0 fully saturated rings. The summed E-state index contributed by atoms with van der Waals surface area (Å²) >= 11 is 1.43. The van der Waals surface area contributed by atoms with Gasteiger partial charge in [-0.25, -0.2) is 0 Å². The lowest BCUT2D eigenvalue weighted by Gasteiger charge is -1.91. The second-order valence-corrected chi connectivity index (χ2v) is 3.89. The molecule has 0 aromatic carbocycles. The van der Waals surface area contributed by atoms with Crippen LogP contribution in [0.15, 0.2) is 18.5 Å². The van der Waals surface area contributed by atoms with Gasteiger partial charge in [0.05, 0.1) is 21.5 Å². The number of nitrogen functional groups attached to an aromatic ring is 1. The number of Topliss-reactive ketones (excluding diaryl/α,β-unsaturated/α-hetero) is 1. The fraction of sp³-hybridized carbons (Fsp3) is 0.111. The van der Waals surface area contributed by atoms with Crippen molar-refractivity contribution in [2.45, 2.75) is 6.92 Å². The molecule has 0 aliphatic rings. The summed E-state index contributed by atoms with van der Waals surface area (Å²) in [7, 11) is 0. The van der Waals surface area contributed by atoms with Crippen LogP contribution in [0.3, 0.4) is 0 Å². The molecular weight excluding hydrogens is 184 g/mol. The number of aromatic nitrogens is 1. The Morgan fingerprint density at radius 2 is 2.31 bits per heavy atom. The maximum absolute atomic E-state index is 11.1. The molecule has 2 aromatic heterocycles. The molecule has 2 rings (SSSR count). The lowest BCUT2D eigenvalue weighted by Crippen LogP contribution is -1.86. The SMILES string of the molecule is CC(=O)c1cc2c(N)cncc2s1. The van der Waals surface area contributed by atoms with Crippen molar-refractivity contribution in [3.05, 3.63) is 23.3 Å². The van der Waals surface area contributed by atoms with E-state index < -0.39 is 0 Å². The maximum atomic E-state index is 11.1. The highest BCUT2D eigenvalue weighted by Gasteiger charge is 2.07. The van der Waals surface area contributed by atoms with Gasteiger partial charge < -0.3 is 5.73 Å². The predicted molar refractivity (Wildman–Crippen MR) is 54.0 cm³/mol. The Morgan fingerprint density at radius 3 is 2.92 bits per heavy atom. The Bertz CT molecular complexity index is 475. The first-order chi connectivity index (χ1) is 6.18. The van der Waals surface area contributed by atoms with Crippen molar-refractivity contribution in [3.63, 3.8) is 0 Å². The van der Waals surface area contributed by atoms with E-state index in [1.54, 1.807) is 19.3 Å². The second-order valence-electron chi connectivity index (χ2n) is 2.81. The number of carbonyl (C=O) groups excluding carboxylic acids is 1. The van der Waals surface area contributed by atoms with Crippen molar-refractivity contribution in [3.8, 4) is 0 Å². The summed E-state index contributed by atoms with van der Waals surface area (Å²) in [6, 6.07) is 1.82. The molecule has 0 saturated heterocycles. The average Bonchev–Trinajstić information content (AvgIpc) is 2.49. The molecule has 0 aliphatic carbocycles. The number of thiophene rings is 1. The van der Waals surface area contributed by atoms with Gasteiger partial charge in [-0.1, -0.05) is 0 Å². The molecule has 0 aliphatic heterocycles. The number of hydrogen-bond donors (Lipinski definition) is 1. The molecular formula is C9H8N2OS. The van der Waals surface area contributed by atoms with Crippen LogP contribution in [0, 0.1) is 0 Å². The number of rotatable bonds is 1. The third kappa shape index (κ3) is 1.29. The van der Waals surface area contributed by atoms with Crippen LogP contribution in [-0.4, -0.2) is 10.8 Å². The monoisotopic (exact) mass is 192 g/mol. The number of pyridine rings is 1. The van der Waals surface area contributed by atoms with Gasteiger partial charge in [0.1, 0.15) is 0 Å². The molecule has 0 unspecified atom stereocenters. The molecule has 0 bridgehead atoms. The first-order valence-corrected chi connectivity index (χ1v) is 4.64. The first-order valence-electron chi connectivity index (χ1n) is 3.82. The summed E-state index contributed by atoms with van der Waals surface area (Å²) in [6.45, 7) is 1.55. The summed E-state index contributed by atoms with van der Waals surface area (Å²) in [4.78, 5) is 15.8. The number of ketones is 1. The maximum Gasteiger partial charge on any atom is 0.169 e. The minimum Gasteiger partial charge on any atom is -0.397 e. The fourth-order valence-corrected chi connectivity index (χ4v) is 2.11. The highest BCUT2D eigenvalue weighted by molar-refractivity contribution is 7.20. The third-order valence-corrected chi connectivity index (χ3v) is 2.99. The van der Waals surface area contributed by atoms with Crippen LogP contribution >= 0.6 is 11.3 Å². The molecule has 2 heterocycles. The van der Waals surface area contributed by atoms with Gasteiger partial charge in [0, 0.05) is 11.6 Å². The zero-order chi connectivity index (χ0) is 9.42. The Morgan fingerprint density at radius 1 is 1.54 bits per heavy atom. The first kappa shape index (κ1) is 8.19. The van der Waals surface area contributed by atoms with Crippen molar-refractivity contribution >= 4 is 32.9 Å². The second kappa shape index (κ2) is 2.81. The topological polar surface area (TPSA) is 56.0 Å². The highest BCUT2D eigenvalue weighted by Crippen LogP contribution is 2.28. The Labute approximate surface area is 79.2 Å². The van der Waals surface area contributed by atoms with E-state index in [-0.39, 0.29) is 5.78 Å². The highest BCUT2D eigenvalue weighted by atomic mass is 32.1. The smallest absolute Gasteiger partial charge is 0.169 e. The number of nitrogens with two attached hydrogens (primary N) is 1. The number of hydrogen-bond acceptors (Lipinski definition) is 4. The number of nitrogens with zero attached hydrogens (tertiary/aromatic N) is 1. The van der Waals surface area contributed by atoms with Crippen LogP contribution < -0.4 is 5.73 Å². The normalized spacial score (nSPS) is 10.5. The Kier molecular flexibility index (Phi) is 1.77. The van der Waals surface area contributed by atoms with E-state index in [0.717, 1.165) is 15.0 Å². The van der Waals surface area contributed by atoms with Gasteiger partial charge in [-0.3, -0.25) is 9.78 Å². The fourth-order valence-electron chi connectivity index (χ4n) is 1.15. The van der Waals surface area contributed by atoms with Gasteiger partial charge in [-0.15, -0.1) is 11.3 Å². The molecule has 4 heteroatoms. The largest absolute Gasteiger partial charge is 0.397 e. The molecule has 0 spiro atoms. The summed E-state index contributed by atoms with van der Waals surface area (Å²) in [6.07, 6.45) is 3.32. The van der Waals surface area contributed by atoms with E-state index >= 15 is 0 Å². The molecule has 0 atom stereocenters. The van der Waals surface area contributed by atoms with Crippen LogP contribution in [-0.2, 0) is 0 Å². The van der Waals surface area contributed by atoms with Crippen LogP contribution in [0.5, 0.6) is 0 Å². The Hall–Kier alpha value is -1.42. The molecule has 0 amide bonds. The van der Waals surface area contributed by atoms with Crippen LogP contribution in [0.2, 0.25) is 0 Å². The quantitative estimate of drug-likeness (QED) is 0.704. The van der Waals surface area contributed by atoms with E-state index in [1.165, 1.54) is 11.3 Å². The molecule has 0 saturated carbocycles.